The molecule has 158 valence electrons. The van der Waals surface area contributed by atoms with Crippen molar-refractivity contribution in [2.45, 2.75) is 32.2 Å². The zero-order valence-electron chi connectivity index (χ0n) is 17.4. The molecule has 1 aromatic carbocycles. The van der Waals surface area contributed by atoms with Crippen LogP contribution >= 0.6 is 0 Å². The van der Waals surface area contributed by atoms with Crippen molar-refractivity contribution in [1.82, 2.24) is 9.47 Å². The Hall–Kier alpha value is -2.93. The number of piperidine rings is 1. The Bertz CT molecular complexity index is 1010. The van der Waals surface area contributed by atoms with Gasteiger partial charge in [0, 0.05) is 62.6 Å². The quantitative estimate of drug-likeness (QED) is 0.823. The van der Waals surface area contributed by atoms with Gasteiger partial charge < -0.3 is 19.5 Å². The van der Waals surface area contributed by atoms with Gasteiger partial charge in [-0.05, 0) is 36.1 Å². The minimum Gasteiger partial charge on any atom is -0.384 e. The highest BCUT2D eigenvalue weighted by molar-refractivity contribution is 5.89. The number of aromatic nitrogens is 1. The summed E-state index contributed by atoms with van der Waals surface area (Å²) in [7, 11) is 1.60. The van der Waals surface area contributed by atoms with Crippen LogP contribution in [0.15, 0.2) is 41.2 Å². The molecule has 2 bridgehead atoms. The highest BCUT2D eigenvalue weighted by Gasteiger charge is 2.37. The number of ether oxygens (including phenoxy) is 1. The highest BCUT2D eigenvalue weighted by atomic mass is 16.5. The van der Waals surface area contributed by atoms with E-state index in [1.54, 1.807) is 13.2 Å². The van der Waals surface area contributed by atoms with Crippen molar-refractivity contribution in [2.24, 2.45) is 5.92 Å². The first-order valence-electron chi connectivity index (χ1n) is 10.3. The summed E-state index contributed by atoms with van der Waals surface area (Å²) < 4.78 is 6.96. The summed E-state index contributed by atoms with van der Waals surface area (Å²) in [5.41, 5.74) is 3.77. The van der Waals surface area contributed by atoms with E-state index in [4.69, 9.17) is 4.74 Å². The Morgan fingerprint density at radius 3 is 2.57 bits per heavy atom. The first kappa shape index (κ1) is 20.3. The smallest absolute Gasteiger partial charge is 0.250 e. The van der Waals surface area contributed by atoms with Crippen molar-refractivity contribution in [2.75, 3.05) is 32.1 Å². The van der Waals surface area contributed by atoms with E-state index in [-0.39, 0.29) is 29.2 Å². The maximum Gasteiger partial charge on any atom is 0.250 e. The van der Waals surface area contributed by atoms with Crippen molar-refractivity contribution < 1.29 is 14.3 Å². The van der Waals surface area contributed by atoms with E-state index in [0.717, 1.165) is 28.9 Å². The van der Waals surface area contributed by atoms with Crippen LogP contribution in [-0.2, 0) is 20.9 Å². The summed E-state index contributed by atoms with van der Waals surface area (Å²) in [6, 6.07) is 11.2. The third-order valence-corrected chi connectivity index (χ3v) is 5.98. The monoisotopic (exact) mass is 409 g/mol. The molecule has 2 aromatic rings. The fourth-order valence-electron chi connectivity index (χ4n) is 4.75. The van der Waals surface area contributed by atoms with Crippen LogP contribution < -0.4 is 10.9 Å². The number of nitrogens with one attached hydrogen (secondary N) is 1. The summed E-state index contributed by atoms with van der Waals surface area (Å²) in [6.07, 6.45) is 1.36. The normalized spacial score (nSPS) is 19.9. The first-order valence-corrected chi connectivity index (χ1v) is 10.3. The van der Waals surface area contributed by atoms with Gasteiger partial charge in [0.2, 0.25) is 11.8 Å². The average Bonchev–Trinajstić information content (AvgIpc) is 2.73. The van der Waals surface area contributed by atoms with E-state index >= 15 is 0 Å². The lowest BCUT2D eigenvalue weighted by Gasteiger charge is -2.43. The van der Waals surface area contributed by atoms with Gasteiger partial charge in [-0.1, -0.05) is 12.1 Å². The molecular formula is C23H27N3O4. The molecular weight excluding hydrogens is 382 g/mol. The number of methoxy groups -OCH3 is 1. The van der Waals surface area contributed by atoms with Gasteiger partial charge >= 0.3 is 0 Å². The second-order valence-corrected chi connectivity index (χ2v) is 8.18. The van der Waals surface area contributed by atoms with E-state index in [1.165, 1.54) is 6.92 Å². The van der Waals surface area contributed by atoms with Crippen molar-refractivity contribution in [3.63, 3.8) is 0 Å². The number of rotatable bonds is 5. The van der Waals surface area contributed by atoms with Crippen LogP contribution in [0.2, 0.25) is 0 Å². The van der Waals surface area contributed by atoms with E-state index < -0.39 is 0 Å². The fourth-order valence-corrected chi connectivity index (χ4v) is 4.75. The van der Waals surface area contributed by atoms with Crippen LogP contribution in [0.1, 0.15) is 31.4 Å². The molecule has 2 amide bonds. The summed E-state index contributed by atoms with van der Waals surface area (Å²) in [5.74, 6) is 0.415. The molecule has 0 spiro atoms. The number of anilines is 1. The maximum atomic E-state index is 12.6. The molecule has 1 N–H and O–H groups in total. The van der Waals surface area contributed by atoms with E-state index in [1.807, 2.05) is 39.8 Å². The zero-order valence-corrected chi connectivity index (χ0v) is 17.4. The van der Waals surface area contributed by atoms with Crippen molar-refractivity contribution in [1.29, 1.82) is 0 Å². The Labute approximate surface area is 175 Å². The van der Waals surface area contributed by atoms with Gasteiger partial charge in [-0.15, -0.1) is 0 Å². The number of hydrogen-bond donors (Lipinski definition) is 1. The van der Waals surface area contributed by atoms with Gasteiger partial charge in [-0.2, -0.15) is 0 Å². The lowest BCUT2D eigenvalue weighted by atomic mass is 9.80. The molecule has 30 heavy (non-hydrogen) atoms. The van der Waals surface area contributed by atoms with E-state index in [0.29, 0.717) is 32.7 Å². The molecule has 1 saturated heterocycles. The first-order chi connectivity index (χ1) is 14.5. The van der Waals surface area contributed by atoms with Crippen LogP contribution in [0.3, 0.4) is 0 Å². The Balaban J connectivity index is 1.67. The van der Waals surface area contributed by atoms with Gasteiger partial charge in [0.15, 0.2) is 0 Å². The summed E-state index contributed by atoms with van der Waals surface area (Å²) in [6.45, 7) is 3.86. The van der Waals surface area contributed by atoms with Gasteiger partial charge in [0.25, 0.3) is 5.56 Å². The average molecular weight is 409 g/mol. The Morgan fingerprint density at radius 2 is 1.87 bits per heavy atom. The number of carbonyl (C=O) groups is 2. The third-order valence-electron chi connectivity index (χ3n) is 5.98. The van der Waals surface area contributed by atoms with Crippen molar-refractivity contribution >= 4 is 17.5 Å². The van der Waals surface area contributed by atoms with Crippen LogP contribution in [-0.4, -0.2) is 48.1 Å². The molecule has 0 aliphatic carbocycles. The summed E-state index contributed by atoms with van der Waals surface area (Å²) in [5, 5.41) is 2.78. The minimum absolute atomic E-state index is 0.0116. The molecule has 1 aromatic heterocycles. The summed E-state index contributed by atoms with van der Waals surface area (Å²) >= 11 is 0. The van der Waals surface area contributed by atoms with Gasteiger partial charge in [0.05, 0.1) is 13.0 Å². The second-order valence-electron chi connectivity index (χ2n) is 8.18. The molecule has 3 heterocycles. The second kappa shape index (κ2) is 8.44. The number of fused-ring (bicyclic) bond motifs is 4. The predicted octanol–water partition coefficient (Wildman–Crippen LogP) is 2.46. The van der Waals surface area contributed by atoms with Crippen molar-refractivity contribution in [3.8, 4) is 11.1 Å². The molecule has 2 aliphatic rings. The molecule has 7 nitrogen and oxygen atoms in total. The lowest BCUT2D eigenvalue weighted by molar-refractivity contribution is -0.134. The minimum atomic E-state index is -0.113. The lowest BCUT2D eigenvalue weighted by Crippen LogP contribution is -2.49. The fraction of sp³-hybridized carbons (Fsp3) is 0.435. The molecule has 4 rings (SSSR count). The number of likely N-dealkylation sites (tertiary alicyclic amines) is 1. The molecule has 0 saturated carbocycles. The van der Waals surface area contributed by atoms with Crippen molar-refractivity contribution in [3.05, 3.63) is 52.4 Å². The standard InChI is InChI=1S/C23H27N3O4/c1-15(27)24-19-5-3-17(4-6-19)20-7-8-22(29)26-13-16-11-18(23(20)26)14-25(12-16)21(28)9-10-30-2/h3-8,16,18H,9-14H2,1-2H3,(H,24,27)/t16-,18-/m0/s1. The number of nitrogens with zero attached hydrogens (tertiary/aromatic N) is 2. The van der Waals surface area contributed by atoms with Crippen LogP contribution in [0.5, 0.6) is 0 Å². The molecule has 2 atom stereocenters. The van der Waals surface area contributed by atoms with Crippen LogP contribution in [0.25, 0.3) is 11.1 Å². The third kappa shape index (κ3) is 4.03. The zero-order chi connectivity index (χ0) is 21.3. The van der Waals surface area contributed by atoms with Gasteiger partial charge in [0.1, 0.15) is 0 Å². The molecule has 0 unspecified atom stereocenters. The molecule has 1 fully saturated rings. The number of carbonyl (C=O) groups excluding carboxylic acids is 2. The number of amides is 2. The molecule has 0 radical (unpaired) electrons. The molecule has 7 heteroatoms. The largest absolute Gasteiger partial charge is 0.384 e. The highest BCUT2D eigenvalue weighted by Crippen LogP contribution is 2.40. The number of hydrogen-bond acceptors (Lipinski definition) is 4. The van der Waals surface area contributed by atoms with Crippen LogP contribution in [0.4, 0.5) is 5.69 Å². The topological polar surface area (TPSA) is 80.6 Å². The van der Waals surface area contributed by atoms with Crippen LogP contribution in [0, 0.1) is 5.92 Å². The van der Waals surface area contributed by atoms with E-state index in [9.17, 15) is 14.4 Å². The Morgan fingerprint density at radius 1 is 1.10 bits per heavy atom. The number of pyridine rings is 1. The SMILES string of the molecule is COCCC(=O)N1C[C@@H]2C[C@@H](C1)c1c(-c3ccc(NC(C)=O)cc3)ccc(=O)n1C2. The van der Waals surface area contributed by atoms with Gasteiger partial charge in [-0.3, -0.25) is 14.4 Å². The molecule has 2 aliphatic heterocycles. The number of benzene rings is 1. The van der Waals surface area contributed by atoms with E-state index in [2.05, 4.69) is 5.32 Å². The maximum absolute atomic E-state index is 12.6. The summed E-state index contributed by atoms with van der Waals surface area (Å²) in [4.78, 5) is 38.4. The van der Waals surface area contributed by atoms with Gasteiger partial charge in [-0.25, -0.2) is 0 Å². The predicted molar refractivity (Wildman–Crippen MR) is 114 cm³/mol. The Kier molecular flexibility index (Phi) is 5.72.